The van der Waals surface area contributed by atoms with Gasteiger partial charge in [-0.15, -0.1) is 0 Å². The van der Waals surface area contributed by atoms with Crippen molar-refractivity contribution in [2.45, 2.75) is 63.5 Å². The van der Waals surface area contributed by atoms with Crippen molar-refractivity contribution in [1.82, 2.24) is 4.90 Å². The summed E-state index contributed by atoms with van der Waals surface area (Å²) in [5.41, 5.74) is 1.21. The van der Waals surface area contributed by atoms with E-state index < -0.39 is 12.1 Å². The molecule has 1 saturated heterocycles. The molecule has 2 rings (SSSR count). The topological polar surface area (TPSA) is 77.8 Å². The van der Waals surface area contributed by atoms with Gasteiger partial charge in [0.05, 0.1) is 12.1 Å². The normalized spacial score (nSPS) is 18.8. The molecule has 0 radical (unpaired) electrons. The van der Waals surface area contributed by atoms with E-state index in [1.165, 1.54) is 5.56 Å². The van der Waals surface area contributed by atoms with Gasteiger partial charge in [0.15, 0.2) is 0 Å². The molecule has 0 aromatic heterocycles. The monoisotopic (exact) mass is 385 g/mol. The van der Waals surface area contributed by atoms with Gasteiger partial charge >= 0.3 is 5.97 Å². The van der Waals surface area contributed by atoms with Crippen LogP contribution in [0.2, 0.25) is 0 Å². The highest BCUT2D eigenvalue weighted by atomic mass is 16.4. The molecule has 1 aliphatic rings. The minimum atomic E-state index is -0.782. The molecular weight excluding hydrogens is 354 g/mol. The first-order chi connectivity index (χ1) is 13.6. The Kier molecular flexibility index (Phi) is 9.49. The molecule has 1 amide bonds. The zero-order chi connectivity index (χ0) is 20.2. The fourth-order valence-corrected chi connectivity index (χ4v) is 3.37. The Hall–Kier alpha value is -2.40. The van der Waals surface area contributed by atoms with Gasteiger partial charge in [0.2, 0.25) is 5.91 Å². The van der Waals surface area contributed by atoms with Crippen LogP contribution in [0, 0.1) is 0 Å². The van der Waals surface area contributed by atoms with Gasteiger partial charge in [0, 0.05) is 19.4 Å². The average Bonchev–Trinajstić information content (AvgIpc) is 2.69. The number of hydrogen-bond donors (Lipinski definition) is 2. The number of nitrogens with zero attached hydrogens (tertiary/aromatic N) is 1. The third kappa shape index (κ3) is 8.09. The van der Waals surface area contributed by atoms with Gasteiger partial charge in [-0.3, -0.25) is 9.59 Å². The third-order valence-corrected chi connectivity index (χ3v) is 4.97. The van der Waals surface area contributed by atoms with E-state index in [9.17, 15) is 14.7 Å². The van der Waals surface area contributed by atoms with Crippen LogP contribution in [0.25, 0.3) is 0 Å². The summed E-state index contributed by atoms with van der Waals surface area (Å²) in [6.07, 6.45) is 12.4. The van der Waals surface area contributed by atoms with Crippen LogP contribution in [0.4, 0.5) is 0 Å². The number of carboxylic acids is 1. The maximum atomic E-state index is 12.3. The van der Waals surface area contributed by atoms with E-state index in [-0.39, 0.29) is 18.4 Å². The predicted octanol–water partition coefficient (Wildman–Crippen LogP) is 3.73. The molecule has 1 aliphatic heterocycles. The van der Waals surface area contributed by atoms with E-state index in [0.29, 0.717) is 32.2 Å². The molecule has 5 nitrogen and oxygen atoms in total. The number of aliphatic carboxylic acids is 1. The summed E-state index contributed by atoms with van der Waals surface area (Å²) < 4.78 is 0. The Labute approximate surface area is 167 Å². The van der Waals surface area contributed by atoms with Gasteiger partial charge in [-0.2, -0.15) is 0 Å². The smallest absolute Gasteiger partial charge is 0.303 e. The summed E-state index contributed by atoms with van der Waals surface area (Å²) in [5.74, 6) is -0.648. The SMILES string of the molecule is O=C(O)CCC/C=C\CN1C(=O)CCC[C@@H]1/C=C/C(O)CCc1ccccc1. The summed E-state index contributed by atoms with van der Waals surface area (Å²) in [4.78, 5) is 24.6. The van der Waals surface area contributed by atoms with Crippen LogP contribution in [0.5, 0.6) is 0 Å². The van der Waals surface area contributed by atoms with Crippen molar-refractivity contribution in [2.24, 2.45) is 0 Å². The maximum Gasteiger partial charge on any atom is 0.303 e. The van der Waals surface area contributed by atoms with Gasteiger partial charge in [-0.1, -0.05) is 54.6 Å². The summed E-state index contributed by atoms with van der Waals surface area (Å²) in [6.45, 7) is 0.529. The summed E-state index contributed by atoms with van der Waals surface area (Å²) in [6, 6.07) is 10.1. The zero-order valence-electron chi connectivity index (χ0n) is 16.4. The fraction of sp³-hybridized carbons (Fsp3) is 0.478. The number of likely N-dealkylation sites (tertiary alicyclic amines) is 1. The predicted molar refractivity (Wildman–Crippen MR) is 110 cm³/mol. The second-order valence-corrected chi connectivity index (χ2v) is 7.24. The van der Waals surface area contributed by atoms with E-state index in [4.69, 9.17) is 5.11 Å². The molecule has 1 aromatic carbocycles. The molecular formula is C23H31NO4. The second kappa shape index (κ2) is 12.1. The summed E-state index contributed by atoms with van der Waals surface area (Å²) in [7, 11) is 0. The Morgan fingerprint density at radius 2 is 2.04 bits per heavy atom. The van der Waals surface area contributed by atoms with Crippen molar-refractivity contribution in [2.75, 3.05) is 6.54 Å². The lowest BCUT2D eigenvalue weighted by Gasteiger charge is -2.33. The second-order valence-electron chi connectivity index (χ2n) is 7.24. The van der Waals surface area contributed by atoms with E-state index in [1.54, 1.807) is 0 Å². The standard InChI is InChI=1S/C23H31NO4/c25-21(16-14-19-9-4-3-5-10-19)17-15-20-11-8-12-22(26)24(20)18-7-2-1-6-13-23(27)28/h2-5,7,9-10,15,17,20-21,25H,1,6,8,11-14,16,18H2,(H,27,28)/b7-2-,17-15+/t20-,21?/m1/s1. The molecule has 5 heteroatoms. The first-order valence-corrected chi connectivity index (χ1v) is 10.1. The van der Waals surface area contributed by atoms with Crippen molar-refractivity contribution in [3.63, 3.8) is 0 Å². The number of allylic oxidation sites excluding steroid dienone is 1. The number of amides is 1. The average molecular weight is 386 g/mol. The van der Waals surface area contributed by atoms with Crippen LogP contribution >= 0.6 is 0 Å². The molecule has 28 heavy (non-hydrogen) atoms. The molecule has 1 unspecified atom stereocenters. The van der Waals surface area contributed by atoms with Crippen molar-refractivity contribution < 1.29 is 19.8 Å². The van der Waals surface area contributed by atoms with Crippen molar-refractivity contribution in [3.05, 3.63) is 60.2 Å². The number of unbranched alkanes of at least 4 members (excludes halogenated alkanes) is 1. The molecule has 152 valence electrons. The number of rotatable bonds is 11. The van der Waals surface area contributed by atoms with E-state index in [0.717, 1.165) is 19.3 Å². The minimum absolute atomic E-state index is 0.0105. The molecule has 1 fully saturated rings. The Morgan fingerprint density at radius 3 is 2.79 bits per heavy atom. The van der Waals surface area contributed by atoms with Gasteiger partial charge in [-0.25, -0.2) is 0 Å². The van der Waals surface area contributed by atoms with Crippen LogP contribution in [0.15, 0.2) is 54.6 Å². The Bertz CT molecular complexity index is 668. The quantitative estimate of drug-likeness (QED) is 0.449. The maximum absolute atomic E-state index is 12.3. The lowest BCUT2D eigenvalue weighted by Crippen LogP contribution is -2.42. The molecule has 0 aliphatic carbocycles. The molecule has 2 N–H and O–H groups in total. The number of aryl methyl sites for hydroxylation is 1. The number of hydrogen-bond acceptors (Lipinski definition) is 3. The number of aliphatic hydroxyl groups is 1. The highest BCUT2D eigenvalue weighted by Crippen LogP contribution is 2.20. The van der Waals surface area contributed by atoms with Gasteiger partial charge in [0.25, 0.3) is 0 Å². The highest BCUT2D eigenvalue weighted by Gasteiger charge is 2.25. The molecule has 0 spiro atoms. The van der Waals surface area contributed by atoms with Crippen molar-refractivity contribution in [3.8, 4) is 0 Å². The minimum Gasteiger partial charge on any atom is -0.481 e. The van der Waals surface area contributed by atoms with Gasteiger partial charge in [0.1, 0.15) is 0 Å². The van der Waals surface area contributed by atoms with Crippen LogP contribution in [-0.2, 0) is 16.0 Å². The largest absolute Gasteiger partial charge is 0.481 e. The lowest BCUT2D eigenvalue weighted by atomic mass is 9.99. The van der Waals surface area contributed by atoms with E-state index in [2.05, 4.69) is 12.1 Å². The number of aliphatic hydroxyl groups excluding tert-OH is 1. The molecule has 0 bridgehead atoms. The van der Waals surface area contributed by atoms with Crippen LogP contribution in [0.3, 0.4) is 0 Å². The number of benzene rings is 1. The number of piperidine rings is 1. The fourth-order valence-electron chi connectivity index (χ4n) is 3.37. The van der Waals surface area contributed by atoms with Crippen molar-refractivity contribution >= 4 is 11.9 Å². The summed E-state index contributed by atoms with van der Waals surface area (Å²) >= 11 is 0. The first-order valence-electron chi connectivity index (χ1n) is 10.1. The molecule has 2 atom stereocenters. The first kappa shape index (κ1) is 21.9. The van der Waals surface area contributed by atoms with Crippen LogP contribution < -0.4 is 0 Å². The lowest BCUT2D eigenvalue weighted by molar-refractivity contribution is -0.137. The van der Waals surface area contributed by atoms with Crippen molar-refractivity contribution in [1.29, 1.82) is 0 Å². The van der Waals surface area contributed by atoms with Crippen LogP contribution in [-0.4, -0.2) is 45.7 Å². The summed E-state index contributed by atoms with van der Waals surface area (Å²) in [5, 5.41) is 18.9. The number of carbonyl (C=O) groups excluding carboxylic acids is 1. The number of carboxylic acid groups (broad SMARTS) is 1. The zero-order valence-corrected chi connectivity index (χ0v) is 16.4. The highest BCUT2D eigenvalue weighted by molar-refractivity contribution is 5.77. The third-order valence-electron chi connectivity index (χ3n) is 4.97. The molecule has 1 aromatic rings. The molecule has 1 heterocycles. The van der Waals surface area contributed by atoms with E-state index in [1.807, 2.05) is 47.4 Å². The van der Waals surface area contributed by atoms with Crippen LogP contribution in [0.1, 0.15) is 50.5 Å². The van der Waals surface area contributed by atoms with Gasteiger partial charge in [-0.05, 0) is 44.1 Å². The van der Waals surface area contributed by atoms with E-state index >= 15 is 0 Å². The van der Waals surface area contributed by atoms with Gasteiger partial charge < -0.3 is 15.1 Å². The number of carbonyl (C=O) groups is 2. The molecule has 0 saturated carbocycles. The Morgan fingerprint density at radius 1 is 1.25 bits per heavy atom. The Balaban J connectivity index is 1.81.